The van der Waals surface area contributed by atoms with E-state index in [9.17, 15) is 38.4 Å². The lowest BCUT2D eigenvalue weighted by atomic mass is 9.83. The number of carbonyl (C=O) groups excluding carboxylic acids is 8. The first-order chi connectivity index (χ1) is 34.1. The number of likely N-dealkylation sites (tertiary alicyclic amines) is 2. The minimum Gasteiger partial charge on any atom is -0.354 e. The van der Waals surface area contributed by atoms with Gasteiger partial charge < -0.3 is 52.3 Å². The number of hydrogen-bond donors (Lipinski definition) is 8. The Hall–Kier alpha value is -3.74. The zero-order chi connectivity index (χ0) is 53.2. The maximum absolute atomic E-state index is 14.0. The quantitative estimate of drug-likeness (QED) is 0.0582. The van der Waals surface area contributed by atoms with Crippen LogP contribution in [0.5, 0.6) is 0 Å². The molecule has 2 aliphatic carbocycles. The number of nitrogens with zero attached hydrogens (tertiary/aromatic N) is 2. The fraction of sp³-hybridized carbons (Fsp3) is 0.852. The van der Waals surface area contributed by atoms with E-state index in [1.807, 2.05) is 41.5 Å². The summed E-state index contributed by atoms with van der Waals surface area (Å²) in [7, 11) is 3.37. The van der Waals surface area contributed by atoms with Gasteiger partial charge in [-0.05, 0) is 115 Å². The van der Waals surface area contributed by atoms with Gasteiger partial charge in [-0.2, -0.15) is 0 Å². The van der Waals surface area contributed by atoms with Crippen molar-refractivity contribution in [3.05, 3.63) is 0 Å². The second-order valence-corrected chi connectivity index (χ2v) is 23.5. The van der Waals surface area contributed by atoms with Gasteiger partial charge in [-0.15, -0.1) is 24.8 Å². The third-order valence-electron chi connectivity index (χ3n) is 15.7. The first kappa shape index (κ1) is 66.4. The van der Waals surface area contributed by atoms with Crippen molar-refractivity contribution in [3.8, 4) is 0 Å². The van der Waals surface area contributed by atoms with E-state index >= 15 is 0 Å². The van der Waals surface area contributed by atoms with Crippen LogP contribution in [-0.2, 0) is 38.4 Å². The van der Waals surface area contributed by atoms with Gasteiger partial charge in [0.15, 0.2) is 0 Å². The summed E-state index contributed by atoms with van der Waals surface area (Å²) in [5.74, 6) is -2.14. The lowest BCUT2D eigenvalue weighted by molar-refractivity contribution is -0.144. The molecule has 0 aromatic carbocycles. The fourth-order valence-corrected chi connectivity index (χ4v) is 10.9. The van der Waals surface area contributed by atoms with Crippen molar-refractivity contribution in [1.29, 1.82) is 0 Å². The Morgan fingerprint density at radius 2 is 0.770 bits per heavy atom. The maximum atomic E-state index is 14.0. The van der Waals surface area contributed by atoms with Gasteiger partial charge in [0.05, 0.1) is 12.1 Å². The lowest BCUT2D eigenvalue weighted by Crippen LogP contribution is -2.61. The molecule has 0 aromatic heterocycles. The van der Waals surface area contributed by atoms with Crippen molar-refractivity contribution in [2.24, 2.45) is 22.7 Å². The molecule has 0 spiro atoms. The molecule has 2 aliphatic heterocycles. The molecule has 0 bridgehead atoms. The Bertz CT molecular complexity index is 1690. The van der Waals surface area contributed by atoms with Crippen LogP contribution in [0.4, 0.5) is 0 Å². The van der Waals surface area contributed by atoms with Crippen molar-refractivity contribution in [1.82, 2.24) is 52.3 Å². The summed E-state index contributed by atoms with van der Waals surface area (Å²) < 4.78 is 0. The molecule has 18 nitrogen and oxygen atoms in total. The number of carbonyl (C=O) groups is 8. The zero-order valence-corrected chi connectivity index (χ0v) is 48.4. The molecule has 4 rings (SSSR count). The van der Waals surface area contributed by atoms with Crippen molar-refractivity contribution in [2.75, 3.05) is 40.3 Å². The number of likely N-dealkylation sites (N-methyl/N-ethyl adjacent to an activating group) is 2. The third-order valence-corrected chi connectivity index (χ3v) is 15.7. The van der Waals surface area contributed by atoms with E-state index in [2.05, 4.69) is 42.5 Å². The van der Waals surface area contributed by atoms with Crippen molar-refractivity contribution < 1.29 is 38.4 Å². The highest BCUT2D eigenvalue weighted by Gasteiger charge is 2.45. The van der Waals surface area contributed by atoms with E-state index in [1.54, 1.807) is 37.7 Å². The summed E-state index contributed by atoms with van der Waals surface area (Å²) in [5.41, 5.74) is -1.19. The molecular formula is C54H98Cl2N10O8. The van der Waals surface area contributed by atoms with Gasteiger partial charge in [0.2, 0.25) is 47.3 Å². The molecule has 2 saturated heterocycles. The van der Waals surface area contributed by atoms with Gasteiger partial charge in [-0.3, -0.25) is 38.4 Å². The number of nitrogens with one attached hydrogen (secondary N) is 8. The molecule has 4 aliphatic rings. The van der Waals surface area contributed by atoms with E-state index in [0.29, 0.717) is 51.9 Å². The summed E-state index contributed by atoms with van der Waals surface area (Å²) in [6.07, 6.45) is 17.2. The topological polar surface area (TPSA) is 239 Å². The lowest BCUT2D eigenvalue weighted by Gasteiger charge is -2.36. The van der Waals surface area contributed by atoms with Gasteiger partial charge in [0, 0.05) is 26.2 Å². The minimum atomic E-state index is -0.822. The molecule has 8 amide bonds. The van der Waals surface area contributed by atoms with Crippen LogP contribution >= 0.6 is 24.8 Å². The van der Waals surface area contributed by atoms with E-state index in [-0.39, 0.29) is 83.9 Å². The average Bonchev–Trinajstić information content (AvgIpc) is 4.06. The van der Waals surface area contributed by atoms with Crippen LogP contribution in [0.25, 0.3) is 0 Å². The highest BCUT2D eigenvalue weighted by atomic mass is 35.5. The molecule has 0 aromatic rings. The summed E-state index contributed by atoms with van der Waals surface area (Å²) in [5, 5.41) is 24.1. The summed E-state index contributed by atoms with van der Waals surface area (Å²) in [4.78, 5) is 113. The normalized spacial score (nSPS) is 21.1. The Balaban J connectivity index is 0.00000937. The number of amides is 8. The molecular weight excluding hydrogens is 988 g/mol. The van der Waals surface area contributed by atoms with E-state index < -0.39 is 59.2 Å². The molecule has 2 heterocycles. The standard InChI is InChI=1S/C54H96N10O8.2ClH/c1-35(55-9)45(65)61-43(53(3,4)5)51(71)63-33-23-29-39(63)47(67)59-41(37-25-17-15-18-26-37)49(69)57-31-21-13-11-12-14-22-32-58-50(70)42(38-27-19-16-20-28-38)60-48(68)40-30-24-34-64(40)52(72)44(54(6,7)8)62-46(66)36(2)56-10;;/h35-44,55-56H,11-34H2,1-10H3,(H,57,69)(H,58,70)(H,59,67)(H,60,68)(H,61,65)(H,62,66);2*1H/t35-,36-,39-,40-,41-,42-,43+,44+;;/m0../s1. The van der Waals surface area contributed by atoms with Crippen molar-refractivity contribution in [3.63, 3.8) is 0 Å². The molecule has 20 heteroatoms. The average molecular weight is 1090 g/mol. The van der Waals surface area contributed by atoms with Gasteiger partial charge in [0.25, 0.3) is 0 Å². The van der Waals surface area contributed by atoms with Crippen LogP contribution < -0.4 is 42.5 Å². The van der Waals surface area contributed by atoms with Crippen LogP contribution in [0.15, 0.2) is 0 Å². The summed E-state index contributed by atoms with van der Waals surface area (Å²) >= 11 is 0. The highest BCUT2D eigenvalue weighted by molar-refractivity contribution is 5.97. The monoisotopic (exact) mass is 1080 g/mol. The Labute approximate surface area is 456 Å². The number of rotatable bonds is 25. The number of hydrogen-bond acceptors (Lipinski definition) is 10. The second-order valence-electron chi connectivity index (χ2n) is 23.5. The smallest absolute Gasteiger partial charge is 0.246 e. The number of unbranched alkanes of at least 4 members (excludes halogenated alkanes) is 5. The van der Waals surface area contributed by atoms with Crippen molar-refractivity contribution in [2.45, 2.75) is 232 Å². The second kappa shape index (κ2) is 32.1. The van der Waals surface area contributed by atoms with Crippen molar-refractivity contribution >= 4 is 72.1 Å². The molecule has 8 atom stereocenters. The van der Waals surface area contributed by atoms with Crippen LogP contribution in [0.1, 0.15) is 184 Å². The maximum Gasteiger partial charge on any atom is 0.246 e. The van der Waals surface area contributed by atoms with Crippen LogP contribution in [-0.4, -0.2) is 146 Å². The van der Waals surface area contributed by atoms with Crippen LogP contribution in [0, 0.1) is 22.7 Å². The highest BCUT2D eigenvalue weighted by Crippen LogP contribution is 2.31. The first-order valence-corrected chi connectivity index (χ1v) is 27.8. The summed E-state index contributed by atoms with van der Waals surface area (Å²) in [6, 6.07) is -5.44. The Morgan fingerprint density at radius 3 is 1.08 bits per heavy atom. The van der Waals surface area contributed by atoms with Gasteiger partial charge in [-0.25, -0.2) is 0 Å². The van der Waals surface area contributed by atoms with Gasteiger partial charge in [-0.1, -0.05) is 106 Å². The number of halogens is 2. The molecule has 0 unspecified atom stereocenters. The largest absolute Gasteiger partial charge is 0.354 e. The predicted octanol–water partition coefficient (Wildman–Crippen LogP) is 4.79. The van der Waals surface area contributed by atoms with E-state index in [1.165, 1.54) is 0 Å². The van der Waals surface area contributed by atoms with Gasteiger partial charge in [0.1, 0.15) is 36.3 Å². The fourth-order valence-electron chi connectivity index (χ4n) is 10.9. The SMILES string of the molecule is CN[C@@H](C)C(=O)N[C@H](C(=O)N1CCC[C@H]1C(=O)N[C@H](C(=O)NCCCCCCCCNC(=O)[C@@H](NC(=O)[C@@H]1CCCN1C(=O)[C@@H](NC(=O)[C@H](C)NC)C(C)(C)C)C1CCCCC1)C1CCCCC1)C(C)(C)C.Cl.Cl. The molecule has 0 radical (unpaired) electrons. The van der Waals surface area contributed by atoms with Gasteiger partial charge >= 0.3 is 0 Å². The third kappa shape index (κ3) is 19.7. The van der Waals surface area contributed by atoms with Crippen LogP contribution in [0.2, 0.25) is 0 Å². The first-order valence-electron chi connectivity index (χ1n) is 27.8. The molecule has 4 fully saturated rings. The predicted molar refractivity (Wildman–Crippen MR) is 295 cm³/mol. The Morgan fingerprint density at radius 1 is 0.446 bits per heavy atom. The molecule has 426 valence electrons. The van der Waals surface area contributed by atoms with E-state index in [4.69, 9.17) is 0 Å². The molecule has 74 heavy (non-hydrogen) atoms. The molecule has 8 N–H and O–H groups in total. The minimum absolute atomic E-state index is 0. The molecule has 2 saturated carbocycles. The Kier molecular flexibility index (Phi) is 28.8. The van der Waals surface area contributed by atoms with Crippen LogP contribution in [0.3, 0.4) is 0 Å². The van der Waals surface area contributed by atoms with E-state index in [0.717, 1.165) is 103 Å². The summed E-state index contributed by atoms with van der Waals surface area (Å²) in [6.45, 7) is 16.6. The zero-order valence-electron chi connectivity index (χ0n) is 46.7.